The second-order valence-electron chi connectivity index (χ2n) is 4.89. The van der Waals surface area contributed by atoms with E-state index in [-0.39, 0.29) is 18.6 Å². The summed E-state index contributed by atoms with van der Waals surface area (Å²) < 4.78 is 20.6. The van der Waals surface area contributed by atoms with Crippen LogP contribution in [0.5, 0.6) is 17.2 Å². The molecule has 0 fully saturated rings. The van der Waals surface area contributed by atoms with E-state index < -0.39 is 11.9 Å². The Balaban J connectivity index is 2.46. The number of hydrogen-bond acceptors (Lipinski definition) is 6. The molecule has 0 saturated heterocycles. The third-order valence-corrected chi connectivity index (χ3v) is 3.14. The number of hydrogen-bond donors (Lipinski definition) is 0. The Morgan fingerprint density at radius 1 is 0.957 bits per heavy atom. The molecule has 1 rings (SSSR count). The summed E-state index contributed by atoms with van der Waals surface area (Å²) in [5.74, 6) is 0.0434. The first-order valence-corrected chi connectivity index (χ1v) is 7.69. The van der Waals surface area contributed by atoms with Crippen LogP contribution in [-0.2, 0) is 14.3 Å². The predicted molar refractivity (Wildman–Crippen MR) is 84.9 cm³/mol. The maximum atomic E-state index is 11.9. The molecule has 23 heavy (non-hydrogen) atoms. The lowest BCUT2D eigenvalue weighted by atomic mass is 10.2. The van der Waals surface area contributed by atoms with Gasteiger partial charge in [0, 0.05) is 0 Å². The number of carbonyl (C=O) groups excluding carboxylic acids is 2. The summed E-state index contributed by atoms with van der Waals surface area (Å²) in [4.78, 5) is 23.4. The highest BCUT2D eigenvalue weighted by Crippen LogP contribution is 2.36. The summed E-state index contributed by atoms with van der Waals surface area (Å²) in [6, 6.07) is 5.04. The molecule has 0 aliphatic heterocycles. The van der Waals surface area contributed by atoms with Gasteiger partial charge in [-0.3, -0.25) is 9.59 Å². The van der Waals surface area contributed by atoms with E-state index in [0.717, 1.165) is 19.3 Å². The van der Waals surface area contributed by atoms with Crippen molar-refractivity contribution in [2.24, 2.45) is 0 Å². The number of methoxy groups -OCH3 is 2. The molecule has 0 N–H and O–H groups in total. The van der Waals surface area contributed by atoms with E-state index in [1.165, 1.54) is 14.2 Å². The van der Waals surface area contributed by atoms with Crippen LogP contribution in [-0.4, -0.2) is 32.8 Å². The lowest BCUT2D eigenvalue weighted by Crippen LogP contribution is -2.13. The van der Waals surface area contributed by atoms with Crippen LogP contribution in [0.15, 0.2) is 18.2 Å². The van der Waals surface area contributed by atoms with Crippen LogP contribution in [0.2, 0.25) is 0 Å². The quantitative estimate of drug-likeness (QED) is 0.374. The zero-order valence-electron chi connectivity index (χ0n) is 13.9. The molecule has 1 aromatic rings. The minimum atomic E-state index is -0.543. The van der Waals surface area contributed by atoms with Gasteiger partial charge in [0.1, 0.15) is 0 Å². The van der Waals surface area contributed by atoms with Gasteiger partial charge in [0.05, 0.1) is 33.7 Å². The van der Waals surface area contributed by atoms with E-state index in [4.69, 9.17) is 18.9 Å². The van der Waals surface area contributed by atoms with Crippen LogP contribution >= 0.6 is 0 Å². The van der Waals surface area contributed by atoms with Crippen LogP contribution in [0.3, 0.4) is 0 Å². The molecule has 1 aromatic carbocycles. The SMILES string of the molecule is CCCCCOC(=O)CCC(=O)Oc1c(OC)cccc1OC. The molecule has 0 heterocycles. The van der Waals surface area contributed by atoms with Crippen molar-refractivity contribution in [3.63, 3.8) is 0 Å². The summed E-state index contributed by atoms with van der Waals surface area (Å²) in [5, 5.41) is 0. The Labute approximate surface area is 136 Å². The molecule has 0 aromatic heterocycles. The molecule has 0 bridgehead atoms. The minimum absolute atomic E-state index is 0.0115. The molecule has 0 spiro atoms. The second-order valence-corrected chi connectivity index (χ2v) is 4.89. The lowest BCUT2D eigenvalue weighted by molar-refractivity contribution is -0.147. The Morgan fingerprint density at radius 2 is 1.57 bits per heavy atom. The summed E-state index contributed by atoms with van der Waals surface area (Å²) in [6.07, 6.45) is 2.84. The van der Waals surface area contributed by atoms with Gasteiger partial charge in [-0.15, -0.1) is 0 Å². The fourth-order valence-corrected chi connectivity index (χ4v) is 1.90. The van der Waals surface area contributed by atoms with E-state index in [1.807, 2.05) is 0 Å². The van der Waals surface area contributed by atoms with Crippen LogP contribution < -0.4 is 14.2 Å². The van der Waals surface area contributed by atoms with Crippen molar-refractivity contribution in [1.82, 2.24) is 0 Å². The number of unbranched alkanes of at least 4 members (excludes halogenated alkanes) is 2. The van der Waals surface area contributed by atoms with Crippen molar-refractivity contribution in [3.05, 3.63) is 18.2 Å². The zero-order valence-corrected chi connectivity index (χ0v) is 13.9. The highest BCUT2D eigenvalue weighted by Gasteiger charge is 2.16. The maximum absolute atomic E-state index is 11.9. The van der Waals surface area contributed by atoms with Crippen molar-refractivity contribution < 1.29 is 28.5 Å². The van der Waals surface area contributed by atoms with Crippen molar-refractivity contribution in [3.8, 4) is 17.2 Å². The van der Waals surface area contributed by atoms with E-state index in [0.29, 0.717) is 18.1 Å². The molecule has 0 aliphatic carbocycles. The number of para-hydroxylation sites is 1. The van der Waals surface area contributed by atoms with Crippen LogP contribution in [0.1, 0.15) is 39.0 Å². The predicted octanol–water partition coefficient (Wildman–Crippen LogP) is 3.12. The highest BCUT2D eigenvalue weighted by molar-refractivity contribution is 5.80. The van der Waals surface area contributed by atoms with Crippen LogP contribution in [0, 0.1) is 0 Å². The first kappa shape index (κ1) is 18.8. The minimum Gasteiger partial charge on any atom is -0.493 e. The molecule has 6 heteroatoms. The third kappa shape index (κ3) is 6.59. The van der Waals surface area contributed by atoms with Gasteiger partial charge in [-0.05, 0) is 18.6 Å². The Morgan fingerprint density at radius 3 is 2.13 bits per heavy atom. The van der Waals surface area contributed by atoms with E-state index in [2.05, 4.69) is 6.92 Å². The van der Waals surface area contributed by atoms with Crippen LogP contribution in [0.25, 0.3) is 0 Å². The molecule has 0 amide bonds. The van der Waals surface area contributed by atoms with Gasteiger partial charge < -0.3 is 18.9 Å². The van der Waals surface area contributed by atoms with Gasteiger partial charge in [-0.1, -0.05) is 25.8 Å². The van der Waals surface area contributed by atoms with Crippen molar-refractivity contribution in [2.45, 2.75) is 39.0 Å². The maximum Gasteiger partial charge on any atom is 0.312 e. The number of carbonyl (C=O) groups is 2. The number of esters is 2. The van der Waals surface area contributed by atoms with Crippen LogP contribution in [0.4, 0.5) is 0 Å². The fraction of sp³-hybridized carbons (Fsp3) is 0.529. The summed E-state index contributed by atoms with van der Waals surface area (Å²) in [5.41, 5.74) is 0. The summed E-state index contributed by atoms with van der Waals surface area (Å²) >= 11 is 0. The van der Waals surface area contributed by atoms with Crippen molar-refractivity contribution in [2.75, 3.05) is 20.8 Å². The van der Waals surface area contributed by atoms with Gasteiger partial charge in [-0.25, -0.2) is 0 Å². The van der Waals surface area contributed by atoms with Gasteiger partial charge in [0.2, 0.25) is 5.75 Å². The monoisotopic (exact) mass is 324 g/mol. The highest BCUT2D eigenvalue weighted by atomic mass is 16.6. The molecule has 6 nitrogen and oxygen atoms in total. The smallest absolute Gasteiger partial charge is 0.312 e. The summed E-state index contributed by atoms with van der Waals surface area (Å²) in [7, 11) is 2.94. The normalized spacial score (nSPS) is 10.0. The standard InChI is InChI=1S/C17H24O6/c1-4-5-6-12-22-15(18)10-11-16(19)23-17-13(20-2)8-7-9-14(17)21-3/h7-9H,4-6,10-12H2,1-3H3. The average Bonchev–Trinajstić information content (AvgIpc) is 2.57. The van der Waals surface area contributed by atoms with Gasteiger partial charge in [-0.2, -0.15) is 0 Å². The first-order valence-electron chi connectivity index (χ1n) is 7.69. The molecule has 0 aliphatic rings. The number of benzene rings is 1. The van der Waals surface area contributed by atoms with Crippen molar-refractivity contribution in [1.29, 1.82) is 0 Å². The average molecular weight is 324 g/mol. The Bertz CT molecular complexity index is 490. The lowest BCUT2D eigenvalue weighted by Gasteiger charge is -2.12. The van der Waals surface area contributed by atoms with Gasteiger partial charge in [0.15, 0.2) is 11.5 Å². The Hall–Kier alpha value is -2.24. The largest absolute Gasteiger partial charge is 0.493 e. The molecule has 0 atom stereocenters. The number of ether oxygens (including phenoxy) is 4. The molecular formula is C17H24O6. The fourth-order valence-electron chi connectivity index (χ4n) is 1.90. The van der Waals surface area contributed by atoms with E-state index in [9.17, 15) is 9.59 Å². The van der Waals surface area contributed by atoms with E-state index in [1.54, 1.807) is 18.2 Å². The van der Waals surface area contributed by atoms with Gasteiger partial charge in [0.25, 0.3) is 0 Å². The molecule has 0 saturated carbocycles. The third-order valence-electron chi connectivity index (χ3n) is 3.14. The second kappa shape index (κ2) is 10.5. The molecule has 0 radical (unpaired) electrons. The molecule has 0 unspecified atom stereocenters. The first-order chi connectivity index (χ1) is 11.1. The van der Waals surface area contributed by atoms with Crippen molar-refractivity contribution >= 4 is 11.9 Å². The summed E-state index contributed by atoms with van der Waals surface area (Å²) in [6.45, 7) is 2.46. The zero-order chi connectivity index (χ0) is 17.1. The Kier molecular flexibility index (Phi) is 8.57. The molecule has 128 valence electrons. The van der Waals surface area contributed by atoms with E-state index >= 15 is 0 Å². The topological polar surface area (TPSA) is 71.1 Å². The molecular weight excluding hydrogens is 300 g/mol. The van der Waals surface area contributed by atoms with Gasteiger partial charge >= 0.3 is 11.9 Å². The number of rotatable bonds is 10.